The molecular formula is C12H19N3O3S. The molecule has 0 saturated heterocycles. The van der Waals surface area contributed by atoms with Crippen molar-refractivity contribution in [1.29, 1.82) is 0 Å². The predicted molar refractivity (Wildman–Crippen MR) is 72.7 cm³/mol. The van der Waals surface area contributed by atoms with E-state index in [0.29, 0.717) is 12.1 Å². The van der Waals surface area contributed by atoms with E-state index in [-0.39, 0.29) is 18.0 Å². The molecule has 1 rings (SSSR count). The van der Waals surface area contributed by atoms with Crippen LogP contribution in [0.5, 0.6) is 0 Å². The highest BCUT2D eigenvalue weighted by Gasteiger charge is 2.25. The van der Waals surface area contributed by atoms with E-state index in [4.69, 9.17) is 11.5 Å². The fourth-order valence-corrected chi connectivity index (χ4v) is 3.43. The summed E-state index contributed by atoms with van der Waals surface area (Å²) in [5.74, 6) is -0.679. The average molecular weight is 285 g/mol. The largest absolute Gasteiger partial charge is 0.369 e. The molecule has 0 aliphatic heterocycles. The fraction of sp³-hybridized carbons (Fsp3) is 0.417. The minimum absolute atomic E-state index is 0.174. The Kier molecular flexibility index (Phi) is 5.04. The lowest BCUT2D eigenvalue weighted by Crippen LogP contribution is -2.38. The molecule has 0 radical (unpaired) electrons. The molecule has 0 heterocycles. The highest BCUT2D eigenvalue weighted by Crippen LogP contribution is 2.20. The summed E-state index contributed by atoms with van der Waals surface area (Å²) >= 11 is 0. The molecule has 0 saturated carbocycles. The topological polar surface area (TPSA) is 106 Å². The van der Waals surface area contributed by atoms with Crippen molar-refractivity contribution in [2.75, 3.05) is 13.1 Å². The maximum Gasteiger partial charge on any atom is 0.243 e. The number of rotatable bonds is 6. The van der Waals surface area contributed by atoms with Crippen molar-refractivity contribution in [2.45, 2.75) is 25.3 Å². The number of nitrogens with zero attached hydrogens (tertiary/aromatic N) is 1. The smallest absolute Gasteiger partial charge is 0.243 e. The molecule has 0 atom stereocenters. The van der Waals surface area contributed by atoms with Crippen LogP contribution in [0.4, 0.5) is 0 Å². The Bertz CT molecular complexity index is 570. The summed E-state index contributed by atoms with van der Waals surface area (Å²) in [4.78, 5) is 11.1. The molecule has 0 bridgehead atoms. The molecule has 1 amide bonds. The molecule has 4 N–H and O–H groups in total. The second kappa shape index (κ2) is 6.14. The zero-order valence-electron chi connectivity index (χ0n) is 11.1. The molecule has 0 unspecified atom stereocenters. The normalized spacial score (nSPS) is 11.8. The van der Waals surface area contributed by atoms with E-state index in [1.807, 2.05) is 0 Å². The second-order valence-corrected chi connectivity index (χ2v) is 6.11. The first-order valence-electron chi connectivity index (χ1n) is 5.91. The Morgan fingerprint density at radius 2 is 2.00 bits per heavy atom. The Labute approximate surface area is 113 Å². The van der Waals surface area contributed by atoms with Crippen LogP contribution in [-0.4, -0.2) is 31.7 Å². The Morgan fingerprint density at radius 3 is 2.42 bits per heavy atom. The van der Waals surface area contributed by atoms with Crippen LogP contribution < -0.4 is 11.5 Å². The number of primary amides is 1. The highest BCUT2D eigenvalue weighted by molar-refractivity contribution is 7.89. The van der Waals surface area contributed by atoms with Crippen molar-refractivity contribution in [1.82, 2.24) is 4.31 Å². The number of hydrogen-bond donors (Lipinski definition) is 2. The van der Waals surface area contributed by atoms with Gasteiger partial charge >= 0.3 is 0 Å². The van der Waals surface area contributed by atoms with Gasteiger partial charge in [-0.25, -0.2) is 8.42 Å². The summed E-state index contributed by atoms with van der Waals surface area (Å²) < 4.78 is 25.9. The van der Waals surface area contributed by atoms with Crippen LogP contribution in [0.3, 0.4) is 0 Å². The van der Waals surface area contributed by atoms with Gasteiger partial charge in [0.2, 0.25) is 15.9 Å². The van der Waals surface area contributed by atoms with Gasteiger partial charge in [0.15, 0.2) is 0 Å². The second-order valence-electron chi connectivity index (χ2n) is 4.20. The average Bonchev–Trinajstić information content (AvgIpc) is 2.34. The number of nitrogens with two attached hydrogens (primary N) is 2. The molecule has 6 nitrogen and oxygen atoms in total. The number of carbonyl (C=O) groups excluding carboxylic acids is 1. The number of likely N-dealkylation sites (N-methyl/N-ethyl adjacent to an activating group) is 1. The third-order valence-corrected chi connectivity index (χ3v) is 4.86. The van der Waals surface area contributed by atoms with E-state index in [2.05, 4.69) is 0 Å². The van der Waals surface area contributed by atoms with E-state index in [1.165, 1.54) is 6.07 Å². The van der Waals surface area contributed by atoms with Crippen molar-refractivity contribution in [3.05, 3.63) is 29.3 Å². The van der Waals surface area contributed by atoms with Gasteiger partial charge < -0.3 is 11.5 Å². The van der Waals surface area contributed by atoms with Crippen molar-refractivity contribution in [2.24, 2.45) is 11.5 Å². The van der Waals surface area contributed by atoms with E-state index in [9.17, 15) is 13.2 Å². The van der Waals surface area contributed by atoms with Crippen LogP contribution in [0, 0.1) is 6.92 Å². The number of sulfonamides is 1. The number of aryl methyl sites for hydroxylation is 1. The standard InChI is InChI=1S/C12H19N3O3S/c1-3-15(8-12(14)16)19(17,18)11-5-4-10(7-13)6-9(11)2/h4-6H,3,7-8,13H2,1-2H3,(H2,14,16). The summed E-state index contributed by atoms with van der Waals surface area (Å²) in [7, 11) is -3.71. The highest BCUT2D eigenvalue weighted by atomic mass is 32.2. The van der Waals surface area contributed by atoms with Crippen molar-refractivity contribution in [3.8, 4) is 0 Å². The summed E-state index contributed by atoms with van der Waals surface area (Å²) in [5, 5.41) is 0. The molecule has 7 heteroatoms. The van der Waals surface area contributed by atoms with Gasteiger partial charge in [0, 0.05) is 13.1 Å². The number of carbonyl (C=O) groups is 1. The third-order valence-electron chi connectivity index (χ3n) is 2.78. The molecule has 0 fully saturated rings. The fourth-order valence-electron chi connectivity index (χ4n) is 1.81. The van der Waals surface area contributed by atoms with Crippen LogP contribution in [0.25, 0.3) is 0 Å². The minimum Gasteiger partial charge on any atom is -0.369 e. The van der Waals surface area contributed by atoms with Gasteiger partial charge in [-0.1, -0.05) is 19.1 Å². The van der Waals surface area contributed by atoms with Gasteiger partial charge in [0.25, 0.3) is 0 Å². The van der Waals surface area contributed by atoms with Gasteiger partial charge in [-0.3, -0.25) is 4.79 Å². The summed E-state index contributed by atoms with van der Waals surface area (Å²) in [6.07, 6.45) is 0. The van der Waals surface area contributed by atoms with Gasteiger partial charge in [0.1, 0.15) is 0 Å². The van der Waals surface area contributed by atoms with E-state index < -0.39 is 15.9 Å². The molecule has 0 aliphatic carbocycles. The van der Waals surface area contributed by atoms with Crippen molar-refractivity contribution < 1.29 is 13.2 Å². The molecule has 0 aromatic heterocycles. The van der Waals surface area contributed by atoms with Crippen LogP contribution in [0.1, 0.15) is 18.1 Å². The Hall–Kier alpha value is -1.44. The van der Waals surface area contributed by atoms with Crippen molar-refractivity contribution >= 4 is 15.9 Å². The first-order valence-corrected chi connectivity index (χ1v) is 7.35. The SMILES string of the molecule is CCN(CC(N)=O)S(=O)(=O)c1ccc(CN)cc1C. The lowest BCUT2D eigenvalue weighted by molar-refractivity contribution is -0.118. The molecule has 0 spiro atoms. The zero-order valence-corrected chi connectivity index (χ0v) is 11.9. The minimum atomic E-state index is -3.71. The van der Waals surface area contributed by atoms with Crippen molar-refractivity contribution in [3.63, 3.8) is 0 Å². The lowest BCUT2D eigenvalue weighted by atomic mass is 10.1. The maximum atomic E-state index is 12.4. The van der Waals surface area contributed by atoms with Crippen LogP contribution >= 0.6 is 0 Å². The predicted octanol–water partition coefficient (Wildman–Crippen LogP) is -0.0504. The van der Waals surface area contributed by atoms with Gasteiger partial charge in [0.05, 0.1) is 11.4 Å². The van der Waals surface area contributed by atoms with Gasteiger partial charge in [-0.05, 0) is 24.1 Å². The van der Waals surface area contributed by atoms with E-state index in [1.54, 1.807) is 26.0 Å². The zero-order chi connectivity index (χ0) is 14.6. The quantitative estimate of drug-likeness (QED) is 0.764. The summed E-state index contributed by atoms with van der Waals surface area (Å²) in [6, 6.07) is 4.90. The lowest BCUT2D eigenvalue weighted by Gasteiger charge is -2.20. The van der Waals surface area contributed by atoms with E-state index in [0.717, 1.165) is 9.87 Å². The Morgan fingerprint density at radius 1 is 1.37 bits per heavy atom. The van der Waals surface area contributed by atoms with E-state index >= 15 is 0 Å². The molecule has 106 valence electrons. The molecule has 19 heavy (non-hydrogen) atoms. The van der Waals surface area contributed by atoms with Gasteiger partial charge in [-0.2, -0.15) is 4.31 Å². The molecule has 1 aromatic carbocycles. The summed E-state index contributed by atoms with van der Waals surface area (Å²) in [6.45, 7) is 3.56. The molecular weight excluding hydrogens is 266 g/mol. The third kappa shape index (κ3) is 3.52. The Balaban J connectivity index is 3.22. The number of benzene rings is 1. The maximum absolute atomic E-state index is 12.4. The van der Waals surface area contributed by atoms with Crippen LogP contribution in [0.15, 0.2) is 23.1 Å². The molecule has 0 aliphatic rings. The molecule has 1 aromatic rings. The van der Waals surface area contributed by atoms with Crippen LogP contribution in [0.2, 0.25) is 0 Å². The van der Waals surface area contributed by atoms with Crippen LogP contribution in [-0.2, 0) is 21.4 Å². The number of amides is 1. The number of hydrogen-bond acceptors (Lipinski definition) is 4. The first kappa shape index (κ1) is 15.6. The first-order chi connectivity index (χ1) is 8.82. The summed E-state index contributed by atoms with van der Waals surface area (Å²) in [5.41, 5.74) is 12.0. The monoisotopic (exact) mass is 285 g/mol. The van der Waals surface area contributed by atoms with Gasteiger partial charge in [-0.15, -0.1) is 0 Å².